The van der Waals surface area contributed by atoms with Crippen LogP contribution >= 0.6 is 8.25 Å². The monoisotopic (exact) mass is 412 g/mol. The Balaban J connectivity index is 0.000000218. The number of hydrogen-bond donors (Lipinski definition) is 2. The van der Waals surface area contributed by atoms with E-state index in [9.17, 15) is 9.36 Å². The van der Waals surface area contributed by atoms with Crippen molar-refractivity contribution in [2.24, 2.45) is 0 Å². The van der Waals surface area contributed by atoms with Crippen LogP contribution in [0.2, 0.25) is 0 Å². The third kappa shape index (κ3) is 9.12. The molecule has 0 aliphatic heterocycles. The molecule has 0 saturated carbocycles. The first kappa shape index (κ1) is 22.2. The van der Waals surface area contributed by atoms with E-state index in [0.29, 0.717) is 0 Å². The van der Waals surface area contributed by atoms with E-state index >= 15 is 0 Å². The Labute approximate surface area is 171 Å². The molecule has 29 heavy (non-hydrogen) atoms. The molecule has 2 unspecified atom stereocenters. The Bertz CT molecular complexity index is 838. The zero-order chi connectivity index (χ0) is 20.9. The van der Waals surface area contributed by atoms with Gasteiger partial charge in [0.15, 0.2) is 6.23 Å². The molecule has 0 fully saturated rings. The first-order chi connectivity index (χ1) is 14.0. The lowest BCUT2D eigenvalue weighted by Crippen LogP contribution is -2.33. The molecule has 2 N–H and O–H groups in total. The van der Waals surface area contributed by atoms with Gasteiger partial charge in [-0.05, 0) is 23.6 Å². The number of benzene rings is 3. The lowest BCUT2D eigenvalue weighted by atomic mass is 10.1. The summed E-state index contributed by atoms with van der Waals surface area (Å²) in [6.07, 6.45) is -1.59. The van der Waals surface area contributed by atoms with E-state index in [2.05, 4.69) is 58.4 Å². The molecule has 3 aromatic carbocycles. The van der Waals surface area contributed by atoms with Crippen LogP contribution in [0.3, 0.4) is 0 Å². The summed E-state index contributed by atoms with van der Waals surface area (Å²) in [5, 5.41) is 2.25. The number of nitrogens with one attached hydrogen (secondary N) is 1. The summed E-state index contributed by atoms with van der Waals surface area (Å²) in [4.78, 5) is 19.7. The molecule has 6 nitrogen and oxygen atoms in total. The summed E-state index contributed by atoms with van der Waals surface area (Å²) in [5.74, 6) is 0. The highest BCUT2D eigenvalue weighted by Crippen LogP contribution is 2.17. The van der Waals surface area contributed by atoms with Crippen LogP contribution < -0.4 is 5.32 Å². The first-order valence-electron chi connectivity index (χ1n) is 8.95. The number of alkyl carbamates (subject to hydrolysis) is 1. The van der Waals surface area contributed by atoms with E-state index < -0.39 is 20.6 Å². The van der Waals surface area contributed by atoms with Gasteiger partial charge in [0, 0.05) is 4.57 Å². The normalized spacial score (nSPS) is 11.4. The van der Waals surface area contributed by atoms with E-state index in [-0.39, 0.29) is 6.61 Å². The van der Waals surface area contributed by atoms with Crippen LogP contribution in [0.5, 0.6) is 0 Å². The zero-order valence-electron chi connectivity index (χ0n) is 16.0. The summed E-state index contributed by atoms with van der Waals surface area (Å²) in [7, 11) is -2.74. The minimum absolute atomic E-state index is 0.130. The second-order valence-electron chi connectivity index (χ2n) is 5.92. The average molecular weight is 412 g/mol. The van der Waals surface area contributed by atoms with E-state index in [4.69, 9.17) is 9.63 Å². The van der Waals surface area contributed by atoms with Crippen molar-refractivity contribution in [2.75, 3.05) is 0 Å². The van der Waals surface area contributed by atoms with Crippen molar-refractivity contribution in [1.82, 2.24) is 5.32 Å². The van der Waals surface area contributed by atoms with Crippen molar-refractivity contribution in [3.05, 3.63) is 96.6 Å². The average Bonchev–Trinajstić information content (AvgIpc) is 2.74. The quantitative estimate of drug-likeness (QED) is 0.425. The van der Waals surface area contributed by atoms with Crippen LogP contribution in [0.25, 0.3) is 11.1 Å². The molecule has 3 aromatic rings. The van der Waals surface area contributed by atoms with Crippen molar-refractivity contribution in [3.8, 4) is 11.1 Å². The fourth-order valence-corrected chi connectivity index (χ4v) is 2.68. The summed E-state index contributed by atoms with van der Waals surface area (Å²) in [6, 6.07) is 29.9. The molecule has 0 saturated heterocycles. The van der Waals surface area contributed by atoms with E-state index in [1.807, 2.05) is 42.5 Å². The third-order valence-corrected chi connectivity index (χ3v) is 4.16. The van der Waals surface area contributed by atoms with Gasteiger partial charge in [-0.2, -0.15) is 0 Å². The van der Waals surface area contributed by atoms with Gasteiger partial charge in [0.2, 0.25) is 0 Å². The molecule has 3 rings (SSSR count). The van der Waals surface area contributed by atoms with Crippen molar-refractivity contribution < 1.29 is 23.5 Å². The number of carbonyl (C=O) groups is 1. The maximum absolute atomic E-state index is 11.2. The topological polar surface area (TPSA) is 84.9 Å². The summed E-state index contributed by atoms with van der Waals surface area (Å²) >= 11 is 0. The van der Waals surface area contributed by atoms with Crippen LogP contribution in [0, 0.1) is 0 Å². The second kappa shape index (κ2) is 12.4. The zero-order valence-corrected chi connectivity index (χ0v) is 16.9. The van der Waals surface area contributed by atoms with Gasteiger partial charge in [0.05, 0.1) is 0 Å². The molecule has 1 amide bonds. The van der Waals surface area contributed by atoms with Gasteiger partial charge in [0.25, 0.3) is 0 Å². The smallest absolute Gasteiger partial charge is 0.445 e. The van der Waals surface area contributed by atoms with E-state index in [1.54, 1.807) is 0 Å². The van der Waals surface area contributed by atoms with Crippen LogP contribution in [0.1, 0.15) is 12.5 Å². The van der Waals surface area contributed by atoms with Gasteiger partial charge in [-0.15, -0.1) is 4.89 Å². The summed E-state index contributed by atoms with van der Waals surface area (Å²) in [6.45, 7) is 1.55. The van der Waals surface area contributed by atoms with Gasteiger partial charge >= 0.3 is 14.3 Å². The van der Waals surface area contributed by atoms with Gasteiger partial charge < -0.3 is 4.74 Å². The van der Waals surface area contributed by atoms with Crippen molar-refractivity contribution >= 4 is 14.3 Å². The molecule has 0 aliphatic carbocycles. The number of rotatable bonds is 6. The van der Waals surface area contributed by atoms with Crippen LogP contribution in [-0.4, -0.2) is 17.2 Å². The Morgan fingerprint density at radius 2 is 1.34 bits per heavy atom. The largest absolute Gasteiger partial charge is 0.696 e. The number of hydrogen-bond acceptors (Lipinski definition) is 4. The minimum Gasteiger partial charge on any atom is -0.445 e. The van der Waals surface area contributed by atoms with Crippen molar-refractivity contribution in [2.45, 2.75) is 19.8 Å². The van der Waals surface area contributed by atoms with Crippen LogP contribution in [-0.2, 0) is 20.4 Å². The Morgan fingerprint density at radius 1 is 0.897 bits per heavy atom. The van der Waals surface area contributed by atoms with Gasteiger partial charge in [0.1, 0.15) is 6.61 Å². The van der Waals surface area contributed by atoms with E-state index in [0.717, 1.165) is 5.56 Å². The summed E-state index contributed by atoms with van der Waals surface area (Å²) < 4.78 is 19.6. The van der Waals surface area contributed by atoms with Crippen molar-refractivity contribution in [3.63, 3.8) is 0 Å². The maximum Gasteiger partial charge on any atom is 0.696 e. The van der Waals surface area contributed by atoms with Gasteiger partial charge in [-0.25, -0.2) is 4.79 Å². The number of ether oxygens (including phenoxy) is 1. The molecule has 0 bridgehead atoms. The molecule has 0 heterocycles. The standard InChI is InChI=1S/C12H10.C10H12NO5P/c1-3-7-11(8-4-1)12-9-5-2-6-10-12;1-8(16-17(13)14)11-10(12)15-7-9-5-3-2-4-6-9/h1-10H;2-6,8H,7H2,1H3,(H-,11,12,13,14)/p+1. The second-order valence-corrected chi connectivity index (χ2v) is 6.61. The SMILES string of the molecule is CC(NC(=O)OCc1ccccc1)O[P+](=O)O.c1ccc(-c2ccccc2)cc1. The molecule has 0 aliphatic rings. The predicted molar refractivity (Wildman–Crippen MR) is 112 cm³/mol. The van der Waals surface area contributed by atoms with Crippen LogP contribution in [0.15, 0.2) is 91.0 Å². The van der Waals surface area contributed by atoms with Gasteiger partial charge in [-0.3, -0.25) is 5.32 Å². The lowest BCUT2D eigenvalue weighted by Gasteiger charge is -2.08. The highest BCUT2D eigenvalue weighted by atomic mass is 31.1. The van der Waals surface area contributed by atoms with Crippen molar-refractivity contribution in [1.29, 1.82) is 0 Å². The molecule has 7 heteroatoms. The highest BCUT2D eigenvalue weighted by molar-refractivity contribution is 7.32. The minimum atomic E-state index is -2.74. The van der Waals surface area contributed by atoms with E-state index in [1.165, 1.54) is 18.1 Å². The molecule has 150 valence electrons. The molecule has 2 atom stereocenters. The molecule has 0 aromatic heterocycles. The third-order valence-electron chi connectivity index (χ3n) is 3.66. The molecule has 0 spiro atoms. The predicted octanol–water partition coefficient (Wildman–Crippen LogP) is 5.28. The lowest BCUT2D eigenvalue weighted by molar-refractivity contribution is 0.110. The number of carbonyl (C=O) groups excluding carboxylic acids is 1. The molecule has 0 radical (unpaired) electrons. The Kier molecular flexibility index (Phi) is 9.52. The highest BCUT2D eigenvalue weighted by Gasteiger charge is 2.20. The maximum atomic E-state index is 11.2. The number of amides is 1. The molecular weight excluding hydrogens is 389 g/mol. The Morgan fingerprint density at radius 3 is 1.79 bits per heavy atom. The Hall–Kier alpha value is -3.05. The van der Waals surface area contributed by atoms with Gasteiger partial charge in [-0.1, -0.05) is 95.5 Å². The van der Waals surface area contributed by atoms with Crippen LogP contribution in [0.4, 0.5) is 4.79 Å². The molecular formula is C22H23NO5P+. The fourth-order valence-electron chi connectivity index (χ4n) is 2.35. The fraction of sp³-hybridized carbons (Fsp3) is 0.136. The summed E-state index contributed by atoms with van der Waals surface area (Å²) in [5.41, 5.74) is 3.40. The first-order valence-corrected chi connectivity index (χ1v) is 10.1.